The largest absolute Gasteiger partial charge is 0.396 e. The Hall–Kier alpha value is -2.14. The number of amides is 2. The molecule has 1 aromatic carbocycles. The number of hydrogen-bond donors (Lipinski definition) is 3. The van der Waals surface area contributed by atoms with Crippen molar-refractivity contribution in [3.63, 3.8) is 0 Å². The van der Waals surface area contributed by atoms with Crippen molar-refractivity contribution in [3.05, 3.63) is 36.5 Å². The van der Waals surface area contributed by atoms with E-state index in [9.17, 15) is 9.90 Å². The Morgan fingerprint density at radius 2 is 2.00 bits per heavy atom. The zero-order valence-corrected chi connectivity index (χ0v) is 13.2. The average molecular weight is 313 g/mol. The highest BCUT2D eigenvalue weighted by molar-refractivity contribution is 5.99. The lowest BCUT2D eigenvalue weighted by Gasteiger charge is -2.28. The lowest BCUT2D eigenvalue weighted by atomic mass is 9.83. The molecule has 1 aromatic heterocycles. The van der Waals surface area contributed by atoms with Crippen LogP contribution in [0, 0.1) is 5.41 Å². The lowest BCUT2D eigenvalue weighted by Crippen LogP contribution is -2.38. The first-order valence-corrected chi connectivity index (χ1v) is 8.22. The van der Waals surface area contributed by atoms with Crippen molar-refractivity contribution < 1.29 is 9.90 Å². The third kappa shape index (κ3) is 3.62. The summed E-state index contributed by atoms with van der Waals surface area (Å²) in [5.41, 5.74) is 1.56. The minimum atomic E-state index is -0.215. The molecule has 1 aliphatic carbocycles. The molecule has 2 amide bonds. The minimum absolute atomic E-state index is 0.0586. The minimum Gasteiger partial charge on any atom is -0.396 e. The van der Waals surface area contributed by atoms with Crippen molar-refractivity contribution >= 4 is 22.6 Å². The number of fused-ring (bicyclic) bond motifs is 1. The molecule has 23 heavy (non-hydrogen) atoms. The highest BCUT2D eigenvalue weighted by atomic mass is 16.3. The van der Waals surface area contributed by atoms with Crippen molar-refractivity contribution in [1.29, 1.82) is 0 Å². The molecule has 5 nitrogen and oxygen atoms in total. The number of carbonyl (C=O) groups is 1. The fourth-order valence-electron chi connectivity index (χ4n) is 3.52. The van der Waals surface area contributed by atoms with E-state index in [-0.39, 0.29) is 18.1 Å². The quantitative estimate of drug-likeness (QED) is 0.793. The van der Waals surface area contributed by atoms with Gasteiger partial charge in [0.05, 0.1) is 11.2 Å². The maximum atomic E-state index is 12.2. The summed E-state index contributed by atoms with van der Waals surface area (Å²) >= 11 is 0. The Bertz CT molecular complexity index is 676. The number of anilines is 1. The van der Waals surface area contributed by atoms with Gasteiger partial charge in [0.15, 0.2) is 0 Å². The highest BCUT2D eigenvalue weighted by Gasteiger charge is 2.33. The van der Waals surface area contributed by atoms with Gasteiger partial charge in [-0.25, -0.2) is 4.79 Å². The molecule has 0 spiro atoms. The van der Waals surface area contributed by atoms with Crippen LogP contribution >= 0.6 is 0 Å². The Kier molecular flexibility index (Phi) is 4.76. The van der Waals surface area contributed by atoms with Crippen LogP contribution in [0.25, 0.3) is 10.9 Å². The molecule has 0 aliphatic heterocycles. The Morgan fingerprint density at radius 1 is 1.22 bits per heavy atom. The van der Waals surface area contributed by atoms with Crippen molar-refractivity contribution in [2.75, 3.05) is 18.5 Å². The van der Waals surface area contributed by atoms with Crippen LogP contribution in [-0.2, 0) is 0 Å². The van der Waals surface area contributed by atoms with Gasteiger partial charge in [-0.3, -0.25) is 4.98 Å². The Morgan fingerprint density at radius 3 is 2.78 bits per heavy atom. The van der Waals surface area contributed by atoms with E-state index in [2.05, 4.69) is 15.6 Å². The van der Waals surface area contributed by atoms with Gasteiger partial charge in [0.2, 0.25) is 0 Å². The standard InChI is InChI=1S/C18H23N3O2/c22-12-10-18(8-1-2-9-18)13-20-17(23)21-15-7-3-5-14-6-4-11-19-16(14)15/h3-7,11,22H,1-2,8-10,12-13H2,(H2,20,21,23). The van der Waals surface area contributed by atoms with Crippen LogP contribution in [0.2, 0.25) is 0 Å². The van der Waals surface area contributed by atoms with Crippen molar-refractivity contribution in [1.82, 2.24) is 10.3 Å². The second kappa shape index (κ2) is 6.96. The molecule has 1 aliphatic rings. The summed E-state index contributed by atoms with van der Waals surface area (Å²) in [6, 6.07) is 9.37. The van der Waals surface area contributed by atoms with E-state index in [0.29, 0.717) is 12.2 Å². The summed E-state index contributed by atoms with van der Waals surface area (Å²) < 4.78 is 0. The van der Waals surface area contributed by atoms with Crippen molar-refractivity contribution in [3.8, 4) is 0 Å². The molecule has 3 rings (SSSR count). The first kappa shape index (κ1) is 15.7. The molecule has 2 aromatic rings. The average Bonchev–Trinajstić information content (AvgIpc) is 3.03. The highest BCUT2D eigenvalue weighted by Crippen LogP contribution is 2.40. The SMILES string of the molecule is O=C(NCC1(CCO)CCCC1)Nc1cccc2cccnc12. The number of pyridine rings is 1. The third-order valence-corrected chi connectivity index (χ3v) is 4.81. The molecule has 3 N–H and O–H groups in total. The molecular weight excluding hydrogens is 290 g/mol. The van der Waals surface area contributed by atoms with E-state index in [1.54, 1.807) is 6.20 Å². The number of aliphatic hydroxyl groups is 1. The Balaban J connectivity index is 1.65. The summed E-state index contributed by atoms with van der Waals surface area (Å²) in [6.45, 7) is 0.786. The molecule has 0 bridgehead atoms. The topological polar surface area (TPSA) is 74.2 Å². The van der Waals surface area contributed by atoms with Crippen LogP contribution in [0.5, 0.6) is 0 Å². The van der Waals surface area contributed by atoms with Crippen molar-refractivity contribution in [2.24, 2.45) is 5.41 Å². The van der Waals surface area contributed by atoms with E-state index in [1.807, 2.05) is 30.3 Å². The zero-order chi connectivity index (χ0) is 16.1. The van der Waals surface area contributed by atoms with Gasteiger partial charge in [0.1, 0.15) is 0 Å². The number of para-hydroxylation sites is 1. The van der Waals surface area contributed by atoms with Crippen LogP contribution in [0.3, 0.4) is 0 Å². The summed E-state index contributed by atoms with van der Waals surface area (Å²) in [7, 11) is 0. The molecule has 1 fully saturated rings. The van der Waals surface area contributed by atoms with E-state index < -0.39 is 0 Å². The molecular formula is C18H23N3O2. The number of aliphatic hydroxyl groups excluding tert-OH is 1. The van der Waals surface area contributed by atoms with Gasteiger partial charge >= 0.3 is 6.03 Å². The number of rotatable bonds is 5. The van der Waals surface area contributed by atoms with Gasteiger partial charge in [0.25, 0.3) is 0 Å². The van der Waals surface area contributed by atoms with Crippen LogP contribution in [-0.4, -0.2) is 29.3 Å². The molecule has 0 saturated heterocycles. The van der Waals surface area contributed by atoms with Gasteiger partial charge in [-0.1, -0.05) is 31.0 Å². The van der Waals surface area contributed by atoms with Crippen LogP contribution in [0.1, 0.15) is 32.1 Å². The third-order valence-electron chi connectivity index (χ3n) is 4.81. The van der Waals surface area contributed by atoms with Gasteiger partial charge in [0, 0.05) is 24.7 Å². The molecule has 1 heterocycles. The zero-order valence-electron chi connectivity index (χ0n) is 13.2. The van der Waals surface area contributed by atoms with E-state index in [1.165, 1.54) is 12.8 Å². The molecule has 0 unspecified atom stereocenters. The van der Waals surface area contributed by atoms with Gasteiger partial charge in [-0.2, -0.15) is 0 Å². The van der Waals surface area contributed by atoms with Crippen LogP contribution < -0.4 is 10.6 Å². The maximum absolute atomic E-state index is 12.2. The number of nitrogens with one attached hydrogen (secondary N) is 2. The number of aromatic nitrogens is 1. The van der Waals surface area contributed by atoms with Gasteiger partial charge < -0.3 is 15.7 Å². The number of urea groups is 1. The normalized spacial score (nSPS) is 16.4. The summed E-state index contributed by atoms with van der Waals surface area (Å²) in [6.07, 6.45) is 6.98. The van der Waals surface area contributed by atoms with E-state index in [0.717, 1.165) is 30.2 Å². The molecule has 0 atom stereocenters. The van der Waals surface area contributed by atoms with Gasteiger partial charge in [-0.15, -0.1) is 0 Å². The maximum Gasteiger partial charge on any atom is 0.319 e. The monoisotopic (exact) mass is 313 g/mol. The van der Waals surface area contributed by atoms with Crippen LogP contribution in [0.4, 0.5) is 10.5 Å². The molecule has 5 heteroatoms. The fourth-order valence-corrected chi connectivity index (χ4v) is 3.52. The summed E-state index contributed by atoms with van der Waals surface area (Å²) in [5, 5.41) is 16.1. The summed E-state index contributed by atoms with van der Waals surface area (Å²) in [4.78, 5) is 16.6. The first-order valence-electron chi connectivity index (χ1n) is 8.22. The number of hydrogen-bond acceptors (Lipinski definition) is 3. The molecule has 1 saturated carbocycles. The predicted octanol–water partition coefficient (Wildman–Crippen LogP) is 3.30. The van der Waals surface area contributed by atoms with E-state index >= 15 is 0 Å². The number of benzene rings is 1. The summed E-state index contributed by atoms with van der Waals surface area (Å²) in [5.74, 6) is 0. The lowest BCUT2D eigenvalue weighted by molar-refractivity contribution is 0.180. The molecule has 0 radical (unpaired) electrons. The first-order chi connectivity index (χ1) is 11.2. The predicted molar refractivity (Wildman–Crippen MR) is 91.4 cm³/mol. The second-order valence-electron chi connectivity index (χ2n) is 6.37. The van der Waals surface area contributed by atoms with E-state index in [4.69, 9.17) is 0 Å². The number of nitrogens with zero attached hydrogens (tertiary/aromatic N) is 1. The number of carbonyl (C=O) groups excluding carboxylic acids is 1. The van der Waals surface area contributed by atoms with Crippen molar-refractivity contribution in [2.45, 2.75) is 32.1 Å². The van der Waals surface area contributed by atoms with Gasteiger partial charge in [-0.05, 0) is 36.8 Å². The second-order valence-corrected chi connectivity index (χ2v) is 6.37. The molecule has 122 valence electrons. The smallest absolute Gasteiger partial charge is 0.319 e. The van der Waals surface area contributed by atoms with Crippen LogP contribution in [0.15, 0.2) is 36.5 Å². The Labute approximate surface area is 136 Å². The fraction of sp³-hybridized carbons (Fsp3) is 0.444.